The Morgan fingerprint density at radius 3 is 2.17 bits per heavy atom. The van der Waals surface area contributed by atoms with Crippen molar-refractivity contribution in [1.29, 1.82) is 0 Å². The molecule has 0 radical (unpaired) electrons. The Bertz CT molecular complexity index is 352. The molecule has 0 aliphatic rings. The number of aryl methyl sites for hydroxylation is 1. The van der Waals surface area contributed by atoms with Crippen LogP contribution in [0.1, 0.15) is 44.9 Å². The second-order valence-corrected chi connectivity index (χ2v) is 5.90. The maximum atomic E-state index is 3.62. The van der Waals surface area contributed by atoms with Crippen molar-refractivity contribution in [2.45, 2.75) is 45.7 Å². The van der Waals surface area contributed by atoms with Gasteiger partial charge in [0.25, 0.3) is 0 Å². The molecule has 0 heterocycles. The van der Waals surface area contributed by atoms with Gasteiger partial charge in [-0.2, -0.15) is 0 Å². The molecule has 0 spiro atoms. The second kappa shape index (κ2) is 6.35. The van der Waals surface area contributed by atoms with E-state index in [1.54, 1.807) is 0 Å². The molecular weight excluding hydrogens is 220 g/mol. The Balaban J connectivity index is 2.57. The first-order valence-electron chi connectivity index (χ1n) is 6.86. The van der Waals surface area contributed by atoms with Crippen molar-refractivity contribution in [2.75, 3.05) is 20.6 Å². The SMILES string of the molecule is CCc1ccc(C(C)NCC(C)(C)N(C)C)cc1. The number of hydrogen-bond donors (Lipinski definition) is 1. The van der Waals surface area contributed by atoms with Crippen LogP contribution in [0, 0.1) is 0 Å². The van der Waals surface area contributed by atoms with Gasteiger partial charge in [0.2, 0.25) is 0 Å². The fraction of sp³-hybridized carbons (Fsp3) is 0.625. The van der Waals surface area contributed by atoms with E-state index in [-0.39, 0.29) is 5.54 Å². The Morgan fingerprint density at radius 2 is 1.72 bits per heavy atom. The fourth-order valence-electron chi connectivity index (χ4n) is 1.72. The number of benzene rings is 1. The second-order valence-electron chi connectivity index (χ2n) is 5.90. The van der Waals surface area contributed by atoms with Crippen molar-refractivity contribution in [1.82, 2.24) is 10.2 Å². The van der Waals surface area contributed by atoms with E-state index < -0.39 is 0 Å². The van der Waals surface area contributed by atoms with Crippen LogP contribution in [0.15, 0.2) is 24.3 Å². The molecular formula is C16H28N2. The van der Waals surface area contributed by atoms with Gasteiger partial charge >= 0.3 is 0 Å². The van der Waals surface area contributed by atoms with Gasteiger partial charge in [-0.3, -0.25) is 0 Å². The summed E-state index contributed by atoms with van der Waals surface area (Å²) >= 11 is 0. The van der Waals surface area contributed by atoms with Gasteiger partial charge in [0.1, 0.15) is 0 Å². The van der Waals surface area contributed by atoms with E-state index in [0.717, 1.165) is 13.0 Å². The summed E-state index contributed by atoms with van der Waals surface area (Å²) in [5, 5.41) is 3.62. The van der Waals surface area contributed by atoms with Crippen LogP contribution in [0.2, 0.25) is 0 Å². The number of likely N-dealkylation sites (N-methyl/N-ethyl adjacent to an activating group) is 1. The standard InChI is InChI=1S/C16H28N2/c1-7-14-8-10-15(11-9-14)13(2)17-12-16(3,4)18(5)6/h8-11,13,17H,7,12H2,1-6H3. The molecule has 1 aromatic rings. The lowest BCUT2D eigenvalue weighted by molar-refractivity contribution is 0.185. The van der Waals surface area contributed by atoms with Gasteiger partial charge in [-0.25, -0.2) is 0 Å². The van der Waals surface area contributed by atoms with Crippen LogP contribution in [0.25, 0.3) is 0 Å². The van der Waals surface area contributed by atoms with E-state index in [9.17, 15) is 0 Å². The molecule has 1 aromatic carbocycles. The van der Waals surface area contributed by atoms with Crippen LogP contribution in [-0.2, 0) is 6.42 Å². The number of rotatable bonds is 6. The molecule has 0 bridgehead atoms. The third kappa shape index (κ3) is 4.11. The van der Waals surface area contributed by atoms with Crippen molar-refractivity contribution >= 4 is 0 Å². The predicted molar refractivity (Wildman–Crippen MR) is 80.0 cm³/mol. The quantitative estimate of drug-likeness (QED) is 0.831. The van der Waals surface area contributed by atoms with Gasteiger partial charge < -0.3 is 10.2 Å². The zero-order valence-corrected chi connectivity index (χ0v) is 12.7. The highest BCUT2D eigenvalue weighted by Crippen LogP contribution is 2.16. The van der Waals surface area contributed by atoms with E-state index in [2.05, 4.69) is 76.3 Å². The van der Waals surface area contributed by atoms with Gasteiger partial charge in [-0.15, -0.1) is 0 Å². The molecule has 2 nitrogen and oxygen atoms in total. The summed E-state index contributed by atoms with van der Waals surface area (Å²) in [4.78, 5) is 2.26. The van der Waals surface area contributed by atoms with Crippen molar-refractivity contribution in [3.8, 4) is 0 Å². The third-order valence-electron chi connectivity index (χ3n) is 3.94. The molecule has 2 heteroatoms. The number of nitrogens with zero attached hydrogens (tertiary/aromatic N) is 1. The zero-order chi connectivity index (χ0) is 13.8. The molecule has 0 aliphatic heterocycles. The lowest BCUT2D eigenvalue weighted by atomic mass is 10.0. The Labute approximate surface area is 112 Å². The fourth-order valence-corrected chi connectivity index (χ4v) is 1.72. The lowest BCUT2D eigenvalue weighted by Crippen LogP contribution is -2.47. The first kappa shape index (κ1) is 15.2. The van der Waals surface area contributed by atoms with E-state index in [0.29, 0.717) is 6.04 Å². The Kier molecular flexibility index (Phi) is 5.36. The average Bonchev–Trinajstić information content (AvgIpc) is 2.36. The van der Waals surface area contributed by atoms with E-state index in [1.165, 1.54) is 11.1 Å². The van der Waals surface area contributed by atoms with Crippen molar-refractivity contribution in [3.63, 3.8) is 0 Å². The minimum Gasteiger partial charge on any atom is -0.308 e. The van der Waals surface area contributed by atoms with Gasteiger partial charge in [0.15, 0.2) is 0 Å². The first-order chi connectivity index (χ1) is 8.36. The molecule has 0 aliphatic carbocycles. The summed E-state index contributed by atoms with van der Waals surface area (Å²) in [7, 11) is 4.25. The van der Waals surface area contributed by atoms with Crippen LogP contribution in [-0.4, -0.2) is 31.1 Å². The summed E-state index contributed by atoms with van der Waals surface area (Å²) in [6.07, 6.45) is 1.11. The van der Waals surface area contributed by atoms with Crippen LogP contribution in [0.5, 0.6) is 0 Å². The maximum Gasteiger partial charge on any atom is 0.0292 e. The minimum absolute atomic E-state index is 0.178. The summed E-state index contributed by atoms with van der Waals surface area (Å²) in [5.41, 5.74) is 2.94. The summed E-state index contributed by atoms with van der Waals surface area (Å²) in [6.45, 7) is 9.92. The van der Waals surface area contributed by atoms with Crippen LogP contribution < -0.4 is 5.32 Å². The molecule has 0 fully saturated rings. The van der Waals surface area contributed by atoms with Gasteiger partial charge in [-0.05, 0) is 52.4 Å². The third-order valence-corrected chi connectivity index (χ3v) is 3.94. The minimum atomic E-state index is 0.178. The predicted octanol–water partition coefficient (Wildman–Crippen LogP) is 3.24. The number of hydrogen-bond acceptors (Lipinski definition) is 2. The highest BCUT2D eigenvalue weighted by atomic mass is 15.2. The molecule has 1 rings (SSSR count). The lowest BCUT2D eigenvalue weighted by Gasteiger charge is -2.34. The van der Waals surface area contributed by atoms with Crippen molar-refractivity contribution < 1.29 is 0 Å². The molecule has 0 saturated heterocycles. The Hall–Kier alpha value is -0.860. The molecule has 1 N–H and O–H groups in total. The topological polar surface area (TPSA) is 15.3 Å². The molecule has 102 valence electrons. The van der Waals surface area contributed by atoms with Crippen LogP contribution in [0.4, 0.5) is 0 Å². The monoisotopic (exact) mass is 248 g/mol. The normalized spacial score (nSPS) is 13.9. The van der Waals surface area contributed by atoms with Crippen molar-refractivity contribution in [2.24, 2.45) is 0 Å². The number of nitrogens with one attached hydrogen (secondary N) is 1. The van der Waals surface area contributed by atoms with E-state index in [1.807, 2.05) is 0 Å². The smallest absolute Gasteiger partial charge is 0.0292 e. The summed E-state index contributed by atoms with van der Waals surface area (Å²) in [6, 6.07) is 9.32. The highest BCUT2D eigenvalue weighted by Gasteiger charge is 2.20. The van der Waals surface area contributed by atoms with E-state index in [4.69, 9.17) is 0 Å². The van der Waals surface area contributed by atoms with Crippen molar-refractivity contribution in [3.05, 3.63) is 35.4 Å². The van der Waals surface area contributed by atoms with Gasteiger partial charge in [-0.1, -0.05) is 31.2 Å². The molecule has 0 amide bonds. The molecule has 0 saturated carbocycles. The molecule has 1 unspecified atom stereocenters. The Morgan fingerprint density at radius 1 is 1.17 bits per heavy atom. The summed E-state index contributed by atoms with van der Waals surface area (Å²) < 4.78 is 0. The van der Waals surface area contributed by atoms with E-state index >= 15 is 0 Å². The summed E-state index contributed by atoms with van der Waals surface area (Å²) in [5.74, 6) is 0. The van der Waals surface area contributed by atoms with Gasteiger partial charge in [0, 0.05) is 18.1 Å². The molecule has 1 atom stereocenters. The van der Waals surface area contributed by atoms with Crippen LogP contribution in [0.3, 0.4) is 0 Å². The molecule has 0 aromatic heterocycles. The largest absolute Gasteiger partial charge is 0.308 e. The molecule has 18 heavy (non-hydrogen) atoms. The average molecular weight is 248 g/mol. The van der Waals surface area contributed by atoms with Crippen LogP contribution >= 0.6 is 0 Å². The zero-order valence-electron chi connectivity index (χ0n) is 12.7. The van der Waals surface area contributed by atoms with Gasteiger partial charge in [0.05, 0.1) is 0 Å². The first-order valence-corrected chi connectivity index (χ1v) is 6.86. The maximum absolute atomic E-state index is 3.62. The highest BCUT2D eigenvalue weighted by molar-refractivity contribution is 5.24.